The quantitative estimate of drug-likeness (QED) is 0.662. The lowest BCUT2D eigenvalue weighted by Gasteiger charge is -2.14. The number of carbonyl (C=O) groups is 1. The monoisotopic (exact) mass is 284 g/mol. The first kappa shape index (κ1) is 15.1. The summed E-state index contributed by atoms with van der Waals surface area (Å²) in [4.78, 5) is 10.6. The number of rotatable bonds is 2. The van der Waals surface area contributed by atoms with E-state index >= 15 is 0 Å². The fourth-order valence-corrected chi connectivity index (χ4v) is 1.25. The third kappa shape index (κ3) is 3.49. The molecule has 0 fully saturated rings. The number of alkyl halides is 6. The lowest BCUT2D eigenvalue weighted by Crippen LogP contribution is -2.12. The number of benzene rings is 1. The first-order valence-corrected chi connectivity index (χ1v) is 4.65. The molecule has 1 aromatic rings. The Morgan fingerprint density at radius 2 is 1.32 bits per heavy atom. The highest BCUT2D eigenvalue weighted by molar-refractivity contribution is 6.14. The Bertz CT molecular complexity index is 495. The van der Waals surface area contributed by atoms with Crippen LogP contribution in [-0.2, 0) is 17.1 Å². The average Bonchev–Trinajstić information content (AvgIpc) is 2.24. The Hall–Kier alpha value is -1.99. The minimum atomic E-state index is -5.02. The van der Waals surface area contributed by atoms with Crippen LogP contribution in [0, 0.1) is 0 Å². The van der Waals surface area contributed by atoms with Gasteiger partial charge in [-0.15, -0.1) is 0 Å². The molecule has 0 spiro atoms. The molecule has 104 valence electrons. The van der Waals surface area contributed by atoms with E-state index in [1.807, 2.05) is 0 Å². The van der Waals surface area contributed by atoms with Crippen LogP contribution in [0.15, 0.2) is 24.8 Å². The number of halogens is 6. The highest BCUT2D eigenvalue weighted by Gasteiger charge is 2.37. The maximum absolute atomic E-state index is 12.5. The van der Waals surface area contributed by atoms with Crippen molar-refractivity contribution in [2.24, 2.45) is 0 Å². The number of hydrogen-bond acceptors (Lipinski definition) is 1. The minimum absolute atomic E-state index is 0.0847. The summed E-state index contributed by atoms with van der Waals surface area (Å²) in [6, 6.07) is 0.538. The van der Waals surface area contributed by atoms with Gasteiger partial charge in [-0.25, -0.2) is 4.79 Å². The van der Waals surface area contributed by atoms with Gasteiger partial charge in [-0.05, 0) is 23.8 Å². The summed E-state index contributed by atoms with van der Waals surface area (Å²) in [6.45, 7) is 2.94. The van der Waals surface area contributed by atoms with E-state index in [0.29, 0.717) is 12.1 Å². The number of aliphatic carboxylic acids is 1. The summed E-state index contributed by atoms with van der Waals surface area (Å²) in [7, 11) is 0. The van der Waals surface area contributed by atoms with E-state index in [0.717, 1.165) is 0 Å². The first-order chi connectivity index (χ1) is 8.43. The van der Waals surface area contributed by atoms with Gasteiger partial charge < -0.3 is 5.11 Å². The Kier molecular flexibility index (Phi) is 3.65. The summed E-state index contributed by atoms with van der Waals surface area (Å²) in [6.07, 6.45) is -10.0. The highest BCUT2D eigenvalue weighted by Crippen LogP contribution is 2.37. The standard InChI is InChI=1S/C11H6F6O2/c1-5(9(18)19)6-2-7(10(12,13)14)4-8(3-6)11(15,16)17/h2-4H,1H2,(H,18,19). The van der Waals surface area contributed by atoms with E-state index in [2.05, 4.69) is 6.58 Å². The van der Waals surface area contributed by atoms with Crippen molar-refractivity contribution in [3.8, 4) is 0 Å². The van der Waals surface area contributed by atoms with Crippen molar-refractivity contribution in [3.63, 3.8) is 0 Å². The number of carboxylic acids is 1. The molecule has 0 aliphatic heterocycles. The van der Waals surface area contributed by atoms with Crippen LogP contribution in [0.25, 0.3) is 5.57 Å². The molecule has 19 heavy (non-hydrogen) atoms. The van der Waals surface area contributed by atoms with Crippen LogP contribution >= 0.6 is 0 Å². The zero-order valence-electron chi connectivity index (χ0n) is 9.06. The van der Waals surface area contributed by atoms with Crippen molar-refractivity contribution >= 4 is 11.5 Å². The Balaban J connectivity index is 3.50. The van der Waals surface area contributed by atoms with Crippen molar-refractivity contribution in [1.29, 1.82) is 0 Å². The van der Waals surface area contributed by atoms with Gasteiger partial charge in [-0.1, -0.05) is 6.58 Å². The second kappa shape index (κ2) is 4.60. The molecule has 0 radical (unpaired) electrons. The van der Waals surface area contributed by atoms with Gasteiger partial charge in [0.25, 0.3) is 0 Å². The van der Waals surface area contributed by atoms with Crippen LogP contribution in [0.4, 0.5) is 26.3 Å². The summed E-state index contributed by atoms with van der Waals surface area (Å²) < 4.78 is 74.7. The molecule has 0 bridgehead atoms. The molecular formula is C11H6F6O2. The van der Waals surface area contributed by atoms with Gasteiger partial charge in [-0.3, -0.25) is 0 Å². The lowest BCUT2D eigenvalue weighted by atomic mass is 10.00. The molecule has 0 saturated carbocycles. The molecule has 0 aliphatic rings. The molecular weight excluding hydrogens is 278 g/mol. The van der Waals surface area contributed by atoms with Gasteiger partial charge in [0.15, 0.2) is 0 Å². The van der Waals surface area contributed by atoms with Crippen LogP contribution in [0.1, 0.15) is 16.7 Å². The zero-order valence-corrected chi connectivity index (χ0v) is 9.06. The molecule has 0 heterocycles. The molecule has 0 atom stereocenters. The summed E-state index contributed by atoms with van der Waals surface area (Å²) in [5.74, 6) is -1.70. The maximum atomic E-state index is 12.5. The summed E-state index contributed by atoms with van der Waals surface area (Å²) >= 11 is 0. The normalized spacial score (nSPS) is 12.3. The molecule has 1 aromatic carbocycles. The fraction of sp³-hybridized carbons (Fsp3) is 0.182. The summed E-state index contributed by atoms with van der Waals surface area (Å²) in [5.41, 5.74) is -4.76. The molecule has 2 nitrogen and oxygen atoms in total. The fourth-order valence-electron chi connectivity index (χ4n) is 1.25. The van der Waals surface area contributed by atoms with E-state index in [1.54, 1.807) is 0 Å². The molecule has 0 unspecified atom stereocenters. The Labute approximate surface area is 103 Å². The van der Waals surface area contributed by atoms with Crippen molar-refractivity contribution in [2.45, 2.75) is 12.4 Å². The third-order valence-electron chi connectivity index (χ3n) is 2.19. The molecule has 0 aliphatic carbocycles. The number of hydrogen-bond donors (Lipinski definition) is 1. The van der Waals surface area contributed by atoms with Gasteiger partial charge in [0.1, 0.15) is 0 Å². The first-order valence-electron chi connectivity index (χ1n) is 4.65. The topological polar surface area (TPSA) is 37.3 Å². The highest BCUT2D eigenvalue weighted by atomic mass is 19.4. The average molecular weight is 284 g/mol. The number of carboxylic acid groups (broad SMARTS) is 1. The summed E-state index contributed by atoms with van der Waals surface area (Å²) in [5, 5.41) is 8.56. The van der Waals surface area contributed by atoms with E-state index in [-0.39, 0.29) is 6.07 Å². The molecule has 0 amide bonds. The van der Waals surface area contributed by atoms with Crippen molar-refractivity contribution in [1.82, 2.24) is 0 Å². The van der Waals surface area contributed by atoms with Gasteiger partial charge in [0, 0.05) is 0 Å². The second-order valence-electron chi connectivity index (χ2n) is 3.58. The SMILES string of the molecule is C=C(C(=O)O)c1cc(C(F)(F)F)cc(C(F)(F)F)c1. The smallest absolute Gasteiger partial charge is 0.416 e. The predicted octanol–water partition coefficient (Wildman–Crippen LogP) is 3.82. The molecule has 0 saturated heterocycles. The van der Waals surface area contributed by atoms with E-state index < -0.39 is 40.6 Å². The van der Waals surface area contributed by atoms with Crippen molar-refractivity contribution in [2.75, 3.05) is 0 Å². The second-order valence-corrected chi connectivity index (χ2v) is 3.58. The Morgan fingerprint density at radius 1 is 0.947 bits per heavy atom. The van der Waals surface area contributed by atoms with Crippen LogP contribution < -0.4 is 0 Å². The van der Waals surface area contributed by atoms with Crippen molar-refractivity contribution < 1.29 is 36.2 Å². The van der Waals surface area contributed by atoms with Crippen LogP contribution in [0.2, 0.25) is 0 Å². The van der Waals surface area contributed by atoms with E-state index in [1.165, 1.54) is 0 Å². The largest absolute Gasteiger partial charge is 0.478 e. The van der Waals surface area contributed by atoms with Crippen LogP contribution in [-0.4, -0.2) is 11.1 Å². The van der Waals surface area contributed by atoms with Gasteiger partial charge >= 0.3 is 18.3 Å². The predicted molar refractivity (Wildman–Crippen MR) is 53.1 cm³/mol. The van der Waals surface area contributed by atoms with Gasteiger partial charge in [-0.2, -0.15) is 26.3 Å². The molecule has 1 N–H and O–H groups in total. The molecule has 1 rings (SSSR count). The zero-order chi connectivity index (χ0) is 15.0. The molecule has 0 aromatic heterocycles. The van der Waals surface area contributed by atoms with Crippen molar-refractivity contribution in [3.05, 3.63) is 41.5 Å². The molecule has 8 heteroatoms. The lowest BCUT2D eigenvalue weighted by molar-refractivity contribution is -0.143. The minimum Gasteiger partial charge on any atom is -0.478 e. The maximum Gasteiger partial charge on any atom is 0.416 e. The van der Waals surface area contributed by atoms with Gasteiger partial charge in [0.2, 0.25) is 0 Å². The third-order valence-corrected chi connectivity index (χ3v) is 2.19. The Morgan fingerprint density at radius 3 is 1.58 bits per heavy atom. The van der Waals surface area contributed by atoms with E-state index in [4.69, 9.17) is 5.11 Å². The van der Waals surface area contributed by atoms with E-state index in [9.17, 15) is 31.1 Å². The van der Waals surface area contributed by atoms with Crippen LogP contribution in [0.5, 0.6) is 0 Å². The van der Waals surface area contributed by atoms with Crippen LogP contribution in [0.3, 0.4) is 0 Å². The van der Waals surface area contributed by atoms with Gasteiger partial charge in [0.05, 0.1) is 16.7 Å².